The van der Waals surface area contributed by atoms with E-state index in [0.717, 1.165) is 4.47 Å². The Kier molecular flexibility index (Phi) is 4.95. The van der Waals surface area contributed by atoms with E-state index in [0.29, 0.717) is 17.3 Å². The van der Waals surface area contributed by atoms with Gasteiger partial charge in [0.1, 0.15) is 0 Å². The van der Waals surface area contributed by atoms with Crippen LogP contribution >= 0.6 is 31.9 Å². The van der Waals surface area contributed by atoms with E-state index >= 15 is 0 Å². The molecule has 0 aliphatic carbocycles. The molecule has 112 valence electrons. The first-order valence-electron chi connectivity index (χ1n) is 5.89. The van der Waals surface area contributed by atoms with Crippen LogP contribution in [0, 0.1) is 0 Å². The monoisotopic (exact) mass is 445 g/mol. The summed E-state index contributed by atoms with van der Waals surface area (Å²) in [7, 11) is -6.88. The number of nitrogens with one attached hydrogen (secondary N) is 1. The molecule has 1 unspecified atom stereocenters. The van der Waals surface area contributed by atoms with Crippen LogP contribution in [-0.2, 0) is 19.9 Å². The van der Waals surface area contributed by atoms with Crippen molar-refractivity contribution >= 4 is 51.7 Å². The van der Waals surface area contributed by atoms with Crippen molar-refractivity contribution in [3.63, 3.8) is 0 Å². The van der Waals surface area contributed by atoms with Crippen LogP contribution in [0.25, 0.3) is 0 Å². The molecular formula is C11H13Br2NO4S2. The van der Waals surface area contributed by atoms with E-state index in [1.807, 2.05) is 0 Å². The molecule has 0 radical (unpaired) electrons. The lowest BCUT2D eigenvalue weighted by Gasteiger charge is -2.12. The smallest absolute Gasteiger partial charge is 0.229 e. The highest BCUT2D eigenvalue weighted by atomic mass is 79.9. The molecule has 1 N–H and O–H groups in total. The molecule has 1 aromatic carbocycles. The van der Waals surface area contributed by atoms with Gasteiger partial charge in [0, 0.05) is 15.5 Å². The molecule has 0 aromatic heterocycles. The summed E-state index contributed by atoms with van der Waals surface area (Å²) in [5, 5.41) is -0.619. The van der Waals surface area contributed by atoms with Crippen LogP contribution in [-0.4, -0.2) is 34.4 Å². The molecule has 1 aromatic rings. The number of sulfonamides is 1. The number of benzene rings is 1. The minimum absolute atomic E-state index is 0.0762. The van der Waals surface area contributed by atoms with Crippen LogP contribution in [0.15, 0.2) is 32.0 Å². The summed E-state index contributed by atoms with van der Waals surface area (Å²) >= 11 is 6.44. The third kappa shape index (κ3) is 3.62. The summed E-state index contributed by atoms with van der Waals surface area (Å²) in [5.41, 5.74) is 0. The molecule has 1 aliphatic heterocycles. The normalized spacial score (nSPS) is 22.0. The molecular weight excluding hydrogens is 434 g/mol. The SMILES string of the molecule is O=S(=O)(NCC1CCCS1(=O)=O)c1ccc(Br)cc1Br. The number of halogens is 2. The first-order valence-corrected chi connectivity index (χ1v) is 10.7. The first kappa shape index (κ1) is 16.4. The largest absolute Gasteiger partial charge is 0.241 e. The Morgan fingerprint density at radius 3 is 2.55 bits per heavy atom. The molecule has 1 heterocycles. The second-order valence-electron chi connectivity index (χ2n) is 4.56. The zero-order valence-electron chi connectivity index (χ0n) is 10.3. The molecule has 1 saturated heterocycles. The highest BCUT2D eigenvalue weighted by Crippen LogP contribution is 2.26. The molecule has 0 saturated carbocycles. The molecule has 1 aliphatic rings. The third-order valence-electron chi connectivity index (χ3n) is 3.15. The maximum atomic E-state index is 12.2. The van der Waals surface area contributed by atoms with E-state index in [2.05, 4.69) is 36.6 Å². The summed E-state index contributed by atoms with van der Waals surface area (Å²) in [6, 6.07) is 4.70. The van der Waals surface area contributed by atoms with Crippen molar-refractivity contribution in [3.05, 3.63) is 27.1 Å². The lowest BCUT2D eigenvalue weighted by molar-refractivity contribution is 0.570. The number of hydrogen-bond donors (Lipinski definition) is 1. The van der Waals surface area contributed by atoms with E-state index in [4.69, 9.17) is 0 Å². The van der Waals surface area contributed by atoms with E-state index in [9.17, 15) is 16.8 Å². The van der Waals surface area contributed by atoms with E-state index < -0.39 is 25.1 Å². The average Bonchev–Trinajstić information content (AvgIpc) is 2.65. The highest BCUT2D eigenvalue weighted by molar-refractivity contribution is 9.11. The minimum atomic E-state index is -3.73. The predicted octanol–water partition coefficient (Wildman–Crippen LogP) is 2.07. The fourth-order valence-electron chi connectivity index (χ4n) is 2.06. The van der Waals surface area contributed by atoms with Crippen LogP contribution in [0.4, 0.5) is 0 Å². The Morgan fingerprint density at radius 2 is 2.00 bits per heavy atom. The van der Waals surface area contributed by atoms with Gasteiger partial charge in [0.25, 0.3) is 0 Å². The van der Waals surface area contributed by atoms with Gasteiger partial charge in [-0.05, 0) is 47.0 Å². The number of rotatable bonds is 4. The van der Waals surface area contributed by atoms with Gasteiger partial charge in [-0.3, -0.25) is 0 Å². The lowest BCUT2D eigenvalue weighted by atomic mass is 10.2. The Balaban J connectivity index is 2.16. The molecule has 5 nitrogen and oxygen atoms in total. The predicted molar refractivity (Wildman–Crippen MR) is 83.8 cm³/mol. The maximum Gasteiger partial charge on any atom is 0.241 e. The Hall–Kier alpha value is 0.0400. The van der Waals surface area contributed by atoms with Gasteiger partial charge in [-0.1, -0.05) is 15.9 Å². The quantitative estimate of drug-likeness (QED) is 0.767. The second kappa shape index (κ2) is 6.04. The van der Waals surface area contributed by atoms with Crippen molar-refractivity contribution in [3.8, 4) is 0 Å². The standard InChI is InChI=1S/C11H13Br2NO4S2/c12-8-3-4-11(10(13)6-8)20(17,18)14-7-9-2-1-5-19(9,15)16/h3-4,6,9,14H,1-2,5,7H2. The Labute approximate surface area is 135 Å². The molecule has 2 rings (SSSR count). The molecule has 1 fully saturated rings. The van der Waals surface area contributed by atoms with Gasteiger partial charge in [-0.15, -0.1) is 0 Å². The van der Waals surface area contributed by atoms with Crippen molar-refractivity contribution in [2.45, 2.75) is 23.0 Å². The summed E-state index contributed by atoms with van der Waals surface area (Å²) < 4.78 is 51.3. The van der Waals surface area contributed by atoms with Crippen LogP contribution in [0.5, 0.6) is 0 Å². The molecule has 9 heteroatoms. The fourth-order valence-corrected chi connectivity index (χ4v) is 6.76. The van der Waals surface area contributed by atoms with E-state index in [-0.39, 0.29) is 17.2 Å². The Morgan fingerprint density at radius 1 is 1.30 bits per heavy atom. The van der Waals surface area contributed by atoms with Gasteiger partial charge in [0.15, 0.2) is 9.84 Å². The molecule has 0 spiro atoms. The van der Waals surface area contributed by atoms with Crippen molar-refractivity contribution < 1.29 is 16.8 Å². The van der Waals surface area contributed by atoms with Crippen molar-refractivity contribution in [2.75, 3.05) is 12.3 Å². The summed E-state index contributed by atoms with van der Waals surface area (Å²) in [6.45, 7) is -0.0762. The molecule has 1 atom stereocenters. The van der Waals surface area contributed by atoms with Gasteiger partial charge >= 0.3 is 0 Å². The van der Waals surface area contributed by atoms with Gasteiger partial charge in [-0.2, -0.15) is 0 Å². The maximum absolute atomic E-state index is 12.2. The van der Waals surface area contributed by atoms with Gasteiger partial charge in [-0.25, -0.2) is 21.6 Å². The van der Waals surface area contributed by atoms with E-state index in [1.54, 1.807) is 12.1 Å². The Bertz CT molecular complexity index is 716. The molecule has 0 bridgehead atoms. The van der Waals surface area contributed by atoms with Crippen LogP contribution < -0.4 is 4.72 Å². The third-order valence-corrected chi connectivity index (χ3v) is 8.32. The molecule has 0 amide bonds. The fraction of sp³-hybridized carbons (Fsp3) is 0.455. The zero-order chi connectivity index (χ0) is 15.0. The zero-order valence-corrected chi connectivity index (χ0v) is 15.1. The number of hydrogen-bond acceptors (Lipinski definition) is 4. The van der Waals surface area contributed by atoms with E-state index in [1.165, 1.54) is 6.07 Å². The van der Waals surface area contributed by atoms with Gasteiger partial charge < -0.3 is 0 Å². The van der Waals surface area contributed by atoms with Crippen LogP contribution in [0.1, 0.15) is 12.8 Å². The molecule has 20 heavy (non-hydrogen) atoms. The van der Waals surface area contributed by atoms with Crippen molar-refractivity contribution in [1.82, 2.24) is 4.72 Å². The highest BCUT2D eigenvalue weighted by Gasteiger charge is 2.32. The lowest BCUT2D eigenvalue weighted by Crippen LogP contribution is -2.34. The topological polar surface area (TPSA) is 80.3 Å². The second-order valence-corrected chi connectivity index (χ2v) is 10.5. The van der Waals surface area contributed by atoms with Crippen LogP contribution in [0.3, 0.4) is 0 Å². The van der Waals surface area contributed by atoms with Crippen molar-refractivity contribution in [1.29, 1.82) is 0 Å². The van der Waals surface area contributed by atoms with Crippen LogP contribution in [0.2, 0.25) is 0 Å². The first-order chi connectivity index (χ1) is 9.22. The average molecular weight is 447 g/mol. The minimum Gasteiger partial charge on any atom is -0.229 e. The summed E-state index contributed by atoms with van der Waals surface area (Å²) in [4.78, 5) is 0.0936. The number of sulfone groups is 1. The summed E-state index contributed by atoms with van der Waals surface area (Å²) in [6.07, 6.45) is 1.10. The van der Waals surface area contributed by atoms with Gasteiger partial charge in [0.05, 0.1) is 15.9 Å². The summed E-state index contributed by atoms with van der Waals surface area (Å²) in [5.74, 6) is 0.140. The van der Waals surface area contributed by atoms with Gasteiger partial charge in [0.2, 0.25) is 10.0 Å². The van der Waals surface area contributed by atoms with Crippen molar-refractivity contribution in [2.24, 2.45) is 0 Å².